The van der Waals surface area contributed by atoms with Crippen molar-refractivity contribution >= 4 is 17.7 Å². The summed E-state index contributed by atoms with van der Waals surface area (Å²) >= 11 is 5.58. The van der Waals surface area contributed by atoms with Crippen LogP contribution in [0, 0.1) is 0 Å². The van der Waals surface area contributed by atoms with Crippen molar-refractivity contribution < 1.29 is 15.0 Å². The van der Waals surface area contributed by atoms with Crippen LogP contribution >= 0.6 is 11.6 Å². The molecule has 0 saturated heterocycles. The van der Waals surface area contributed by atoms with E-state index in [1.54, 1.807) is 6.08 Å². The van der Waals surface area contributed by atoms with Gasteiger partial charge in [-0.3, -0.25) is 0 Å². The molecule has 2 atom stereocenters. The molecule has 0 aromatic heterocycles. The zero-order valence-electron chi connectivity index (χ0n) is 10.6. The van der Waals surface area contributed by atoms with E-state index < -0.39 is 18.2 Å². The number of halogens is 1. The first kappa shape index (κ1) is 15.5. The van der Waals surface area contributed by atoms with Crippen LogP contribution in [0.15, 0.2) is 36.9 Å². The zero-order chi connectivity index (χ0) is 14.3. The van der Waals surface area contributed by atoms with E-state index in [-0.39, 0.29) is 5.88 Å². The van der Waals surface area contributed by atoms with Crippen molar-refractivity contribution in [2.45, 2.75) is 25.0 Å². The fourth-order valence-corrected chi connectivity index (χ4v) is 2.07. The number of amides is 1. The minimum Gasteiger partial charge on any atom is -0.465 e. The first-order chi connectivity index (χ1) is 9.06. The number of aliphatic hydroxyl groups is 1. The lowest BCUT2D eigenvalue weighted by atomic mass is 9.99. The van der Waals surface area contributed by atoms with Crippen molar-refractivity contribution in [1.82, 2.24) is 5.32 Å². The molecule has 1 aromatic carbocycles. The van der Waals surface area contributed by atoms with E-state index in [4.69, 9.17) is 16.7 Å². The summed E-state index contributed by atoms with van der Waals surface area (Å²) in [6.07, 6.45) is 0.866. The lowest BCUT2D eigenvalue weighted by Crippen LogP contribution is -2.45. The van der Waals surface area contributed by atoms with Crippen molar-refractivity contribution in [3.63, 3.8) is 0 Å². The van der Waals surface area contributed by atoms with Crippen LogP contribution in [0.3, 0.4) is 0 Å². The molecular formula is C14H18ClNO3. The van der Waals surface area contributed by atoms with Crippen molar-refractivity contribution in [2.75, 3.05) is 5.88 Å². The predicted molar refractivity (Wildman–Crippen MR) is 75.7 cm³/mol. The third kappa shape index (κ3) is 5.32. The van der Waals surface area contributed by atoms with Gasteiger partial charge in [0.2, 0.25) is 0 Å². The van der Waals surface area contributed by atoms with E-state index in [0.717, 1.165) is 17.5 Å². The average Bonchev–Trinajstić information content (AvgIpc) is 2.37. The Kier molecular flexibility index (Phi) is 6.39. The molecule has 1 amide bonds. The van der Waals surface area contributed by atoms with E-state index >= 15 is 0 Å². The maximum atomic E-state index is 10.7. The molecule has 1 rings (SSSR count). The van der Waals surface area contributed by atoms with Crippen molar-refractivity contribution in [2.24, 2.45) is 0 Å². The average molecular weight is 284 g/mol. The van der Waals surface area contributed by atoms with Crippen LogP contribution in [0.5, 0.6) is 0 Å². The Labute approximate surface area is 117 Å². The SMILES string of the molecule is C=CCc1cccc(C[C@H](NC(=O)O)[C@H](O)CCl)c1. The lowest BCUT2D eigenvalue weighted by molar-refractivity contribution is 0.135. The minimum atomic E-state index is -1.17. The Balaban J connectivity index is 2.79. The molecule has 0 heterocycles. The molecule has 0 fully saturated rings. The van der Waals surface area contributed by atoms with Gasteiger partial charge in [0.15, 0.2) is 0 Å². The fourth-order valence-electron chi connectivity index (χ4n) is 1.85. The standard InChI is InChI=1S/C14H18ClNO3/c1-2-4-10-5-3-6-11(7-10)8-12(13(17)9-15)16-14(18)19/h2-3,5-7,12-13,16-17H,1,4,8-9H2,(H,18,19)/t12-,13+/m0/s1. The molecule has 4 nitrogen and oxygen atoms in total. The normalized spacial score (nSPS) is 13.6. The van der Waals surface area contributed by atoms with Crippen LogP contribution in [0.4, 0.5) is 4.79 Å². The second kappa shape index (κ2) is 7.81. The highest BCUT2D eigenvalue weighted by molar-refractivity contribution is 6.18. The molecule has 5 heteroatoms. The van der Waals surface area contributed by atoms with Gasteiger partial charge in [-0.1, -0.05) is 30.3 Å². The molecule has 0 spiro atoms. The highest BCUT2D eigenvalue weighted by Gasteiger charge is 2.20. The van der Waals surface area contributed by atoms with Crippen molar-refractivity contribution in [3.05, 3.63) is 48.0 Å². The monoisotopic (exact) mass is 283 g/mol. The van der Waals surface area contributed by atoms with E-state index in [1.807, 2.05) is 24.3 Å². The van der Waals surface area contributed by atoms with Crippen molar-refractivity contribution in [1.29, 1.82) is 0 Å². The Morgan fingerprint density at radius 1 is 1.47 bits per heavy atom. The van der Waals surface area contributed by atoms with E-state index in [2.05, 4.69) is 11.9 Å². The van der Waals surface area contributed by atoms with E-state index in [9.17, 15) is 9.90 Å². The third-order valence-corrected chi connectivity index (χ3v) is 3.07. The van der Waals surface area contributed by atoms with Gasteiger partial charge in [0, 0.05) is 0 Å². The molecular weight excluding hydrogens is 266 g/mol. The van der Waals surface area contributed by atoms with Gasteiger partial charge in [0.1, 0.15) is 0 Å². The molecule has 0 bridgehead atoms. The number of carboxylic acid groups (broad SMARTS) is 1. The highest BCUT2D eigenvalue weighted by atomic mass is 35.5. The highest BCUT2D eigenvalue weighted by Crippen LogP contribution is 2.11. The summed E-state index contributed by atoms with van der Waals surface area (Å²) in [6.45, 7) is 3.68. The Morgan fingerprint density at radius 2 is 2.16 bits per heavy atom. The van der Waals surface area contributed by atoms with Crippen LogP contribution in [-0.4, -0.2) is 34.3 Å². The Hall–Kier alpha value is -1.52. The molecule has 0 aliphatic carbocycles. The van der Waals surface area contributed by atoms with Gasteiger partial charge in [-0.15, -0.1) is 18.2 Å². The number of rotatable bonds is 7. The third-order valence-electron chi connectivity index (χ3n) is 2.76. The smallest absolute Gasteiger partial charge is 0.404 e. The summed E-state index contributed by atoms with van der Waals surface area (Å²) in [5, 5.41) is 20.8. The lowest BCUT2D eigenvalue weighted by Gasteiger charge is -2.21. The van der Waals surface area contributed by atoms with Gasteiger partial charge >= 0.3 is 6.09 Å². The predicted octanol–water partition coefficient (Wildman–Crippen LogP) is 2.19. The summed E-state index contributed by atoms with van der Waals surface area (Å²) in [5.74, 6) is -0.0166. The summed E-state index contributed by atoms with van der Waals surface area (Å²) < 4.78 is 0. The summed E-state index contributed by atoms with van der Waals surface area (Å²) in [4.78, 5) is 10.7. The molecule has 0 aliphatic rings. The van der Waals surface area contributed by atoms with Gasteiger partial charge in [-0.2, -0.15) is 0 Å². The van der Waals surface area contributed by atoms with Crippen molar-refractivity contribution in [3.8, 4) is 0 Å². The fraction of sp³-hybridized carbons (Fsp3) is 0.357. The summed E-state index contributed by atoms with van der Waals surface area (Å²) in [6, 6.07) is 7.12. The Bertz CT molecular complexity index is 436. The number of hydrogen-bond donors (Lipinski definition) is 3. The molecule has 104 valence electrons. The van der Waals surface area contributed by atoms with Crippen LogP contribution in [0.1, 0.15) is 11.1 Å². The number of benzene rings is 1. The molecule has 0 saturated carbocycles. The molecule has 0 aliphatic heterocycles. The van der Waals surface area contributed by atoms with Gasteiger partial charge in [-0.05, 0) is 24.0 Å². The first-order valence-corrected chi connectivity index (χ1v) is 6.52. The number of aliphatic hydroxyl groups excluding tert-OH is 1. The molecule has 1 aromatic rings. The quantitative estimate of drug-likeness (QED) is 0.531. The van der Waals surface area contributed by atoms with Gasteiger partial charge in [-0.25, -0.2) is 4.79 Å². The molecule has 3 N–H and O–H groups in total. The first-order valence-electron chi connectivity index (χ1n) is 5.99. The van der Waals surface area contributed by atoms with Gasteiger partial charge in [0.05, 0.1) is 18.0 Å². The molecule has 19 heavy (non-hydrogen) atoms. The summed E-state index contributed by atoms with van der Waals surface area (Å²) in [5.41, 5.74) is 2.05. The largest absolute Gasteiger partial charge is 0.465 e. The number of hydrogen-bond acceptors (Lipinski definition) is 2. The number of allylic oxidation sites excluding steroid dienone is 1. The summed E-state index contributed by atoms with van der Waals surface area (Å²) in [7, 11) is 0. The second-order valence-corrected chi connectivity index (χ2v) is 4.60. The number of carbonyl (C=O) groups is 1. The van der Waals surface area contributed by atoms with Gasteiger partial charge in [0.25, 0.3) is 0 Å². The van der Waals surface area contributed by atoms with Gasteiger partial charge < -0.3 is 15.5 Å². The molecule has 0 unspecified atom stereocenters. The number of alkyl halides is 1. The van der Waals surface area contributed by atoms with Crippen LogP contribution in [0.25, 0.3) is 0 Å². The minimum absolute atomic E-state index is 0.0166. The van der Waals surface area contributed by atoms with Crippen LogP contribution in [-0.2, 0) is 12.8 Å². The zero-order valence-corrected chi connectivity index (χ0v) is 11.3. The maximum absolute atomic E-state index is 10.7. The van der Waals surface area contributed by atoms with Crippen LogP contribution < -0.4 is 5.32 Å². The van der Waals surface area contributed by atoms with E-state index in [1.165, 1.54) is 0 Å². The Morgan fingerprint density at radius 3 is 2.74 bits per heavy atom. The maximum Gasteiger partial charge on any atom is 0.404 e. The van der Waals surface area contributed by atoms with Crippen LogP contribution in [0.2, 0.25) is 0 Å². The topological polar surface area (TPSA) is 69.6 Å². The second-order valence-electron chi connectivity index (χ2n) is 4.29. The molecule has 0 radical (unpaired) electrons. The number of nitrogens with one attached hydrogen (secondary N) is 1. The van der Waals surface area contributed by atoms with E-state index in [0.29, 0.717) is 6.42 Å².